The minimum Gasteiger partial charge on any atom is -0.497 e. The molecule has 18 heavy (non-hydrogen) atoms. The maximum absolute atomic E-state index is 5.69. The molecule has 0 aliphatic heterocycles. The molecule has 0 aliphatic rings. The van der Waals surface area contributed by atoms with E-state index in [0.29, 0.717) is 5.92 Å². The number of ether oxygens (including phenoxy) is 2. The summed E-state index contributed by atoms with van der Waals surface area (Å²) in [5, 5.41) is 0. The second-order valence-corrected chi connectivity index (χ2v) is 5.14. The highest BCUT2D eigenvalue weighted by atomic mass is 79.9. The maximum Gasteiger partial charge on any atom is 0.119 e. The van der Waals surface area contributed by atoms with Crippen molar-refractivity contribution in [2.24, 2.45) is 11.8 Å². The van der Waals surface area contributed by atoms with Gasteiger partial charge in [0, 0.05) is 24.2 Å². The van der Waals surface area contributed by atoms with Crippen LogP contribution in [0.5, 0.6) is 5.75 Å². The average Bonchev–Trinajstić information content (AvgIpc) is 2.39. The van der Waals surface area contributed by atoms with Crippen molar-refractivity contribution in [1.82, 2.24) is 5.43 Å². The number of hydrogen-bond acceptors (Lipinski definition) is 4. The summed E-state index contributed by atoms with van der Waals surface area (Å²) in [7, 11) is 3.37. The molecule has 5 heteroatoms. The Bertz CT molecular complexity index is 374. The van der Waals surface area contributed by atoms with Crippen LogP contribution in [0.3, 0.4) is 0 Å². The molecule has 1 rings (SSSR count). The zero-order valence-electron chi connectivity index (χ0n) is 11.1. The quantitative estimate of drug-likeness (QED) is 0.600. The summed E-state index contributed by atoms with van der Waals surface area (Å²) in [6, 6.07) is 5.95. The van der Waals surface area contributed by atoms with Crippen LogP contribution in [0.4, 0.5) is 0 Å². The Balaban J connectivity index is 2.92. The van der Waals surface area contributed by atoms with Crippen molar-refractivity contribution in [2.75, 3.05) is 20.8 Å². The van der Waals surface area contributed by atoms with Gasteiger partial charge in [-0.25, -0.2) is 0 Å². The number of methoxy groups -OCH3 is 2. The number of hydrogen-bond donors (Lipinski definition) is 2. The van der Waals surface area contributed by atoms with E-state index in [1.54, 1.807) is 14.2 Å². The van der Waals surface area contributed by atoms with Crippen molar-refractivity contribution in [3.63, 3.8) is 0 Å². The molecule has 0 amide bonds. The molecule has 2 atom stereocenters. The van der Waals surface area contributed by atoms with E-state index in [1.165, 1.54) is 0 Å². The SMILES string of the molecule is COCCC(C)C(NN)c1cc(OC)ccc1Br. The first-order valence-corrected chi connectivity index (χ1v) is 6.71. The van der Waals surface area contributed by atoms with Gasteiger partial charge in [0.05, 0.1) is 7.11 Å². The van der Waals surface area contributed by atoms with Crippen LogP contribution in [0.15, 0.2) is 22.7 Å². The molecule has 0 spiro atoms. The van der Waals surface area contributed by atoms with Crippen LogP contribution < -0.4 is 16.0 Å². The van der Waals surface area contributed by atoms with E-state index in [1.807, 2.05) is 18.2 Å². The van der Waals surface area contributed by atoms with E-state index in [9.17, 15) is 0 Å². The third kappa shape index (κ3) is 3.95. The van der Waals surface area contributed by atoms with Gasteiger partial charge in [0.2, 0.25) is 0 Å². The molecule has 0 saturated carbocycles. The van der Waals surface area contributed by atoms with Crippen molar-refractivity contribution in [3.05, 3.63) is 28.2 Å². The average molecular weight is 317 g/mol. The van der Waals surface area contributed by atoms with Crippen molar-refractivity contribution in [1.29, 1.82) is 0 Å². The van der Waals surface area contributed by atoms with Crippen LogP contribution in [-0.4, -0.2) is 20.8 Å². The van der Waals surface area contributed by atoms with E-state index in [-0.39, 0.29) is 6.04 Å². The lowest BCUT2D eigenvalue weighted by Crippen LogP contribution is -2.33. The Morgan fingerprint density at radius 1 is 1.39 bits per heavy atom. The summed E-state index contributed by atoms with van der Waals surface area (Å²) in [6.45, 7) is 2.87. The van der Waals surface area contributed by atoms with Crippen LogP contribution >= 0.6 is 15.9 Å². The fourth-order valence-electron chi connectivity index (χ4n) is 1.92. The fraction of sp³-hybridized carbons (Fsp3) is 0.538. The van der Waals surface area contributed by atoms with E-state index < -0.39 is 0 Å². The molecule has 102 valence electrons. The molecule has 3 N–H and O–H groups in total. The maximum atomic E-state index is 5.69. The monoisotopic (exact) mass is 316 g/mol. The van der Waals surface area contributed by atoms with E-state index >= 15 is 0 Å². The zero-order valence-corrected chi connectivity index (χ0v) is 12.7. The second-order valence-electron chi connectivity index (χ2n) is 4.29. The smallest absolute Gasteiger partial charge is 0.119 e. The summed E-state index contributed by atoms with van der Waals surface area (Å²) in [5.74, 6) is 6.87. The Labute approximate surface area is 117 Å². The molecule has 0 aromatic heterocycles. The highest BCUT2D eigenvalue weighted by Gasteiger charge is 2.20. The van der Waals surface area contributed by atoms with E-state index in [2.05, 4.69) is 28.3 Å². The molecule has 0 radical (unpaired) electrons. The van der Waals surface area contributed by atoms with Gasteiger partial charge in [-0.05, 0) is 36.1 Å². The molecule has 1 aromatic carbocycles. The number of nitrogens with one attached hydrogen (secondary N) is 1. The van der Waals surface area contributed by atoms with Gasteiger partial charge >= 0.3 is 0 Å². The van der Waals surface area contributed by atoms with Gasteiger partial charge in [-0.15, -0.1) is 0 Å². The molecule has 0 aliphatic carbocycles. The van der Waals surface area contributed by atoms with Gasteiger partial charge < -0.3 is 9.47 Å². The predicted octanol–water partition coefficient (Wildman–Crippen LogP) is 2.63. The van der Waals surface area contributed by atoms with Gasteiger partial charge in [-0.3, -0.25) is 11.3 Å². The van der Waals surface area contributed by atoms with E-state index in [0.717, 1.165) is 28.8 Å². The van der Waals surface area contributed by atoms with Gasteiger partial charge in [-0.2, -0.15) is 0 Å². The van der Waals surface area contributed by atoms with Gasteiger partial charge in [0.1, 0.15) is 5.75 Å². The van der Waals surface area contributed by atoms with Crippen LogP contribution in [0.2, 0.25) is 0 Å². The lowest BCUT2D eigenvalue weighted by molar-refractivity contribution is 0.170. The topological polar surface area (TPSA) is 56.5 Å². The Morgan fingerprint density at radius 3 is 2.67 bits per heavy atom. The first-order valence-electron chi connectivity index (χ1n) is 5.92. The highest BCUT2D eigenvalue weighted by molar-refractivity contribution is 9.10. The Hall–Kier alpha value is -0.620. The van der Waals surface area contributed by atoms with Crippen LogP contribution in [0, 0.1) is 5.92 Å². The van der Waals surface area contributed by atoms with Crippen molar-refractivity contribution in [2.45, 2.75) is 19.4 Å². The number of hydrazine groups is 1. The van der Waals surface area contributed by atoms with Gasteiger partial charge in [0.15, 0.2) is 0 Å². The molecule has 4 nitrogen and oxygen atoms in total. The Morgan fingerprint density at radius 2 is 2.11 bits per heavy atom. The van der Waals surface area contributed by atoms with Crippen molar-refractivity contribution in [3.8, 4) is 5.75 Å². The van der Waals surface area contributed by atoms with Crippen molar-refractivity contribution >= 4 is 15.9 Å². The van der Waals surface area contributed by atoms with Crippen LogP contribution in [-0.2, 0) is 4.74 Å². The third-order valence-electron chi connectivity index (χ3n) is 3.06. The number of nitrogens with two attached hydrogens (primary N) is 1. The Kier molecular flexibility index (Phi) is 6.63. The van der Waals surface area contributed by atoms with Gasteiger partial charge in [0.25, 0.3) is 0 Å². The van der Waals surface area contributed by atoms with E-state index in [4.69, 9.17) is 15.3 Å². The molecular formula is C13H21BrN2O2. The lowest BCUT2D eigenvalue weighted by Gasteiger charge is -2.25. The highest BCUT2D eigenvalue weighted by Crippen LogP contribution is 2.32. The first-order chi connectivity index (χ1) is 8.63. The molecule has 2 unspecified atom stereocenters. The molecule has 0 heterocycles. The first kappa shape index (κ1) is 15.4. The predicted molar refractivity (Wildman–Crippen MR) is 76.4 cm³/mol. The summed E-state index contributed by atoms with van der Waals surface area (Å²) in [4.78, 5) is 0. The molecule has 0 fully saturated rings. The minimum atomic E-state index is 0.0598. The summed E-state index contributed by atoms with van der Waals surface area (Å²) in [5.41, 5.74) is 3.98. The molecule has 0 saturated heterocycles. The second kappa shape index (κ2) is 7.74. The third-order valence-corrected chi connectivity index (χ3v) is 3.79. The number of rotatable bonds is 7. The zero-order chi connectivity index (χ0) is 13.5. The van der Waals surface area contributed by atoms with Crippen molar-refractivity contribution < 1.29 is 9.47 Å². The standard InChI is InChI=1S/C13H21BrN2O2/c1-9(6-7-17-2)13(16-15)11-8-10(18-3)4-5-12(11)14/h4-5,8-9,13,16H,6-7,15H2,1-3H3. The summed E-state index contributed by atoms with van der Waals surface area (Å²) >= 11 is 3.56. The minimum absolute atomic E-state index is 0.0598. The number of benzene rings is 1. The van der Waals surface area contributed by atoms with Crippen LogP contribution in [0.25, 0.3) is 0 Å². The summed E-state index contributed by atoms with van der Waals surface area (Å²) < 4.78 is 11.4. The lowest BCUT2D eigenvalue weighted by atomic mass is 9.92. The largest absolute Gasteiger partial charge is 0.497 e. The van der Waals surface area contributed by atoms with Gasteiger partial charge in [-0.1, -0.05) is 22.9 Å². The fourth-order valence-corrected chi connectivity index (χ4v) is 2.41. The molecule has 0 bridgehead atoms. The van der Waals surface area contributed by atoms with Crippen LogP contribution in [0.1, 0.15) is 24.9 Å². The number of halogens is 1. The molecule has 1 aromatic rings. The summed E-state index contributed by atoms with van der Waals surface area (Å²) in [6.07, 6.45) is 0.940. The molecular weight excluding hydrogens is 296 g/mol. The normalized spacial score (nSPS) is 14.3.